The van der Waals surface area contributed by atoms with Gasteiger partial charge in [-0.3, -0.25) is 5.10 Å². The largest absolute Gasteiger partial charge is 0.573 e. The third-order valence-electron chi connectivity index (χ3n) is 7.07. The first-order valence-electron chi connectivity index (χ1n) is 11.9. The molecule has 0 radical (unpaired) electrons. The molecular weight excluding hydrogens is 449 g/mol. The fourth-order valence-electron chi connectivity index (χ4n) is 5.10. The van der Waals surface area contributed by atoms with E-state index >= 15 is 0 Å². The molecule has 7 nitrogen and oxygen atoms in total. The zero-order valence-electron chi connectivity index (χ0n) is 18.8. The Morgan fingerprint density at radius 1 is 1.03 bits per heavy atom. The van der Waals surface area contributed by atoms with Crippen LogP contribution in [0, 0.1) is 0 Å². The molecule has 2 saturated heterocycles. The molecule has 184 valence electrons. The summed E-state index contributed by atoms with van der Waals surface area (Å²) < 4.78 is 42.4. The van der Waals surface area contributed by atoms with Gasteiger partial charge in [0.25, 0.3) is 0 Å². The first-order valence-corrected chi connectivity index (χ1v) is 11.9. The number of urea groups is 1. The van der Waals surface area contributed by atoms with E-state index in [0.717, 1.165) is 24.2 Å². The highest BCUT2D eigenvalue weighted by molar-refractivity contribution is 5.75. The van der Waals surface area contributed by atoms with E-state index in [4.69, 9.17) is 0 Å². The van der Waals surface area contributed by atoms with Gasteiger partial charge in [0.15, 0.2) is 0 Å². The molecule has 0 bridgehead atoms. The number of hydrogen-bond acceptors (Lipinski definition) is 4. The number of halogens is 3. The van der Waals surface area contributed by atoms with E-state index in [2.05, 4.69) is 21.0 Å². The van der Waals surface area contributed by atoms with Gasteiger partial charge in [-0.1, -0.05) is 12.1 Å². The van der Waals surface area contributed by atoms with Crippen molar-refractivity contribution in [3.63, 3.8) is 0 Å². The molecule has 1 aliphatic carbocycles. The average molecular weight is 479 g/mol. The second kappa shape index (κ2) is 9.13. The van der Waals surface area contributed by atoms with Gasteiger partial charge in [-0.15, -0.1) is 13.2 Å². The van der Waals surface area contributed by atoms with Crippen LogP contribution in [-0.2, 0) is 0 Å². The van der Waals surface area contributed by atoms with E-state index in [-0.39, 0.29) is 29.7 Å². The summed E-state index contributed by atoms with van der Waals surface area (Å²) in [5, 5.41) is 17.5. The summed E-state index contributed by atoms with van der Waals surface area (Å²) in [6.45, 7) is 1.90. The highest BCUT2D eigenvalue weighted by atomic mass is 19.4. The predicted molar refractivity (Wildman–Crippen MR) is 118 cm³/mol. The van der Waals surface area contributed by atoms with Crippen LogP contribution in [0.3, 0.4) is 0 Å². The molecule has 1 aromatic heterocycles. The second-order valence-electron chi connectivity index (χ2n) is 9.68. The lowest BCUT2D eigenvalue weighted by atomic mass is 9.83. The number of ether oxygens (including phenoxy) is 1. The molecule has 2 amide bonds. The Labute approximate surface area is 195 Å². The quantitative estimate of drug-likeness (QED) is 0.685. The number of benzene rings is 1. The Morgan fingerprint density at radius 2 is 1.76 bits per heavy atom. The number of H-pyrrole nitrogens is 1. The zero-order chi connectivity index (χ0) is 23.9. The number of aliphatic hydroxyl groups is 1. The molecule has 2 aliphatic heterocycles. The Hall–Kier alpha value is -2.75. The monoisotopic (exact) mass is 478 g/mol. The number of aromatic nitrogens is 2. The van der Waals surface area contributed by atoms with Crippen LogP contribution in [0.15, 0.2) is 30.3 Å². The highest BCUT2D eigenvalue weighted by Gasteiger charge is 2.37. The number of carbonyl (C=O) groups is 1. The summed E-state index contributed by atoms with van der Waals surface area (Å²) in [6, 6.07) is 8.03. The summed E-state index contributed by atoms with van der Waals surface area (Å²) in [4.78, 5) is 16.9. The third-order valence-corrected chi connectivity index (χ3v) is 7.07. The predicted octanol–water partition coefficient (Wildman–Crippen LogP) is 4.34. The molecule has 5 rings (SSSR count). The van der Waals surface area contributed by atoms with Crippen LogP contribution in [0.5, 0.6) is 5.75 Å². The van der Waals surface area contributed by atoms with E-state index in [1.165, 1.54) is 12.1 Å². The smallest absolute Gasteiger partial charge is 0.406 e. The number of nitrogens with one attached hydrogen (secondary N) is 1. The first kappa shape index (κ1) is 23.0. The van der Waals surface area contributed by atoms with Gasteiger partial charge in [-0.05, 0) is 55.9 Å². The van der Waals surface area contributed by atoms with Gasteiger partial charge in [-0.2, -0.15) is 5.10 Å². The topological polar surface area (TPSA) is 81.7 Å². The number of piperidine rings is 2. The molecule has 34 heavy (non-hydrogen) atoms. The summed E-state index contributed by atoms with van der Waals surface area (Å²) in [5.41, 5.74) is 2.71. The zero-order valence-corrected chi connectivity index (χ0v) is 18.8. The highest BCUT2D eigenvalue weighted by Crippen LogP contribution is 2.42. The summed E-state index contributed by atoms with van der Waals surface area (Å²) in [5.74, 6) is 0.0742. The third kappa shape index (κ3) is 5.32. The molecule has 0 spiro atoms. The van der Waals surface area contributed by atoms with Gasteiger partial charge >= 0.3 is 12.4 Å². The van der Waals surface area contributed by atoms with Crippen LogP contribution in [0.1, 0.15) is 66.8 Å². The SMILES string of the molecule is O=C(N1CCC(O)CC1)N1CC(c2cccc(OC(F)(F)F)c2)CC(c2cc(C3CC3)[nH]n2)C1. The van der Waals surface area contributed by atoms with Crippen molar-refractivity contribution in [1.82, 2.24) is 20.0 Å². The standard InChI is InChI=1S/C24H29F3N4O3/c25-24(26,27)34-20-3-1-2-16(11-20)17-10-18(22-12-21(28-29-22)15-4-5-15)14-31(13-17)23(33)30-8-6-19(32)7-9-30/h1-3,11-12,15,17-19,32H,4-10,13-14H2,(H,28,29). The maximum Gasteiger partial charge on any atom is 0.573 e. The summed E-state index contributed by atoms with van der Waals surface area (Å²) in [7, 11) is 0. The van der Waals surface area contributed by atoms with Crippen molar-refractivity contribution >= 4 is 6.03 Å². The van der Waals surface area contributed by atoms with Crippen LogP contribution in [0.4, 0.5) is 18.0 Å². The maximum absolute atomic E-state index is 13.4. The number of carbonyl (C=O) groups excluding carboxylic acids is 1. The van der Waals surface area contributed by atoms with Crippen molar-refractivity contribution in [3.05, 3.63) is 47.3 Å². The van der Waals surface area contributed by atoms with E-state index in [1.54, 1.807) is 21.9 Å². The number of alkyl halides is 3. The second-order valence-corrected chi connectivity index (χ2v) is 9.68. The fourth-order valence-corrected chi connectivity index (χ4v) is 5.10. The van der Waals surface area contributed by atoms with Crippen molar-refractivity contribution in [2.24, 2.45) is 0 Å². The molecule has 3 heterocycles. The Balaban J connectivity index is 1.39. The number of nitrogens with zero attached hydrogens (tertiary/aromatic N) is 3. The first-order chi connectivity index (χ1) is 16.2. The molecule has 3 fully saturated rings. The van der Waals surface area contributed by atoms with Gasteiger partial charge < -0.3 is 19.6 Å². The van der Waals surface area contributed by atoms with Crippen molar-refractivity contribution < 1.29 is 27.8 Å². The van der Waals surface area contributed by atoms with E-state index in [0.29, 0.717) is 56.9 Å². The van der Waals surface area contributed by atoms with Crippen LogP contribution < -0.4 is 4.74 Å². The van der Waals surface area contributed by atoms with E-state index < -0.39 is 6.36 Å². The van der Waals surface area contributed by atoms with Crippen LogP contribution in [0.25, 0.3) is 0 Å². The Kier molecular flexibility index (Phi) is 6.18. The van der Waals surface area contributed by atoms with E-state index in [1.807, 2.05) is 0 Å². The lowest BCUT2D eigenvalue weighted by Crippen LogP contribution is -2.51. The molecule has 10 heteroatoms. The molecule has 2 unspecified atom stereocenters. The minimum atomic E-state index is -4.76. The molecule has 1 saturated carbocycles. The number of aromatic amines is 1. The molecular formula is C24H29F3N4O3. The lowest BCUT2D eigenvalue weighted by molar-refractivity contribution is -0.274. The fraction of sp³-hybridized carbons (Fsp3) is 0.583. The number of aliphatic hydroxyl groups excluding tert-OH is 1. The van der Waals surface area contributed by atoms with Gasteiger partial charge in [0.1, 0.15) is 5.75 Å². The minimum Gasteiger partial charge on any atom is -0.406 e. The van der Waals surface area contributed by atoms with Gasteiger partial charge in [0, 0.05) is 49.6 Å². The van der Waals surface area contributed by atoms with Crippen LogP contribution >= 0.6 is 0 Å². The Morgan fingerprint density at radius 3 is 2.47 bits per heavy atom. The minimum absolute atomic E-state index is 0.0333. The van der Waals surface area contributed by atoms with Crippen LogP contribution in [-0.4, -0.2) is 69.8 Å². The maximum atomic E-state index is 13.4. The van der Waals surface area contributed by atoms with Gasteiger partial charge in [0.05, 0.1) is 11.8 Å². The van der Waals surface area contributed by atoms with Gasteiger partial charge in [-0.25, -0.2) is 4.79 Å². The van der Waals surface area contributed by atoms with Crippen LogP contribution in [0.2, 0.25) is 0 Å². The Bertz CT molecular complexity index is 1010. The van der Waals surface area contributed by atoms with Gasteiger partial charge in [0.2, 0.25) is 0 Å². The van der Waals surface area contributed by atoms with Crippen molar-refractivity contribution in [2.75, 3.05) is 26.2 Å². The molecule has 3 aliphatic rings. The molecule has 2 N–H and O–H groups in total. The lowest BCUT2D eigenvalue weighted by Gasteiger charge is -2.41. The number of likely N-dealkylation sites (tertiary alicyclic amines) is 2. The molecule has 2 aromatic rings. The normalized spacial score (nSPS) is 24.4. The number of hydrogen-bond donors (Lipinski definition) is 2. The summed E-state index contributed by atoms with van der Waals surface area (Å²) >= 11 is 0. The number of rotatable bonds is 4. The van der Waals surface area contributed by atoms with Crippen molar-refractivity contribution in [3.8, 4) is 5.75 Å². The average Bonchev–Trinajstić information content (AvgIpc) is 3.54. The van der Waals surface area contributed by atoms with Crippen molar-refractivity contribution in [2.45, 2.75) is 62.3 Å². The van der Waals surface area contributed by atoms with Crippen molar-refractivity contribution in [1.29, 1.82) is 0 Å². The van der Waals surface area contributed by atoms with E-state index in [9.17, 15) is 23.1 Å². The molecule has 2 atom stereocenters. The molecule has 1 aromatic carbocycles. The number of amides is 2. The summed E-state index contributed by atoms with van der Waals surface area (Å²) in [6.07, 6.45) is -1.08.